The quantitative estimate of drug-likeness (QED) is 0.837. The maximum absolute atomic E-state index is 13.7. The fourth-order valence-corrected chi connectivity index (χ4v) is 3.66. The maximum Gasteiger partial charge on any atom is 0.272 e. The van der Waals surface area contributed by atoms with E-state index < -0.39 is 5.60 Å². The van der Waals surface area contributed by atoms with Crippen molar-refractivity contribution in [1.82, 2.24) is 20.1 Å². The third-order valence-corrected chi connectivity index (χ3v) is 4.97. The number of rotatable bonds is 4. The first-order valence-corrected chi connectivity index (χ1v) is 9.00. The van der Waals surface area contributed by atoms with E-state index in [1.54, 1.807) is 29.4 Å². The molecule has 0 bridgehead atoms. The van der Waals surface area contributed by atoms with Crippen LogP contribution in [0.5, 0.6) is 0 Å². The molecule has 0 saturated carbocycles. The van der Waals surface area contributed by atoms with Gasteiger partial charge in [0.2, 0.25) is 0 Å². The van der Waals surface area contributed by atoms with Crippen molar-refractivity contribution in [2.24, 2.45) is 5.92 Å². The number of ether oxygens (including phenoxy) is 2. The summed E-state index contributed by atoms with van der Waals surface area (Å²) < 4.78 is 25.5. The number of H-pyrrole nitrogens is 1. The molecule has 9 heteroatoms. The molecule has 4 rings (SSSR count). The molecule has 0 aliphatic carbocycles. The summed E-state index contributed by atoms with van der Waals surface area (Å²) in [5.74, 6) is -0.0674. The number of carbonyl (C=O) groups is 1. The van der Waals surface area contributed by atoms with E-state index in [1.165, 1.54) is 6.07 Å². The van der Waals surface area contributed by atoms with Crippen molar-refractivity contribution in [2.75, 3.05) is 44.8 Å². The minimum absolute atomic E-state index is 0.113. The SMILES string of the molecule is O=C(c1ccn[nH]1)N1CCOC[C@@]2(C[C@H](CNc3ncccc3F)CO2)C1. The molecule has 0 unspecified atom stereocenters. The topological polar surface area (TPSA) is 92.4 Å². The van der Waals surface area contributed by atoms with Crippen LogP contribution < -0.4 is 5.32 Å². The zero-order valence-electron chi connectivity index (χ0n) is 14.9. The maximum atomic E-state index is 13.7. The molecule has 0 radical (unpaired) electrons. The highest BCUT2D eigenvalue weighted by Crippen LogP contribution is 2.33. The predicted molar refractivity (Wildman–Crippen MR) is 94.8 cm³/mol. The highest BCUT2D eigenvalue weighted by atomic mass is 19.1. The Balaban J connectivity index is 1.39. The van der Waals surface area contributed by atoms with Crippen molar-refractivity contribution in [3.8, 4) is 0 Å². The third kappa shape index (κ3) is 3.93. The molecular formula is C18H22FN5O3. The van der Waals surface area contributed by atoms with E-state index in [9.17, 15) is 9.18 Å². The Labute approximate surface area is 156 Å². The summed E-state index contributed by atoms with van der Waals surface area (Å²) in [5.41, 5.74) is -0.0878. The van der Waals surface area contributed by atoms with E-state index in [-0.39, 0.29) is 23.5 Å². The summed E-state index contributed by atoms with van der Waals surface area (Å²) in [6.45, 7) is 2.94. The van der Waals surface area contributed by atoms with Crippen molar-refractivity contribution >= 4 is 11.7 Å². The number of anilines is 1. The van der Waals surface area contributed by atoms with Crippen molar-refractivity contribution in [2.45, 2.75) is 12.0 Å². The minimum atomic E-state index is -0.540. The Morgan fingerprint density at radius 1 is 1.44 bits per heavy atom. The van der Waals surface area contributed by atoms with Gasteiger partial charge in [-0.2, -0.15) is 5.10 Å². The summed E-state index contributed by atoms with van der Waals surface area (Å²) in [6, 6.07) is 4.59. The second-order valence-corrected chi connectivity index (χ2v) is 7.03. The lowest BCUT2D eigenvalue weighted by Gasteiger charge is -2.31. The normalized spacial score (nSPS) is 25.5. The number of aromatic amines is 1. The van der Waals surface area contributed by atoms with Gasteiger partial charge in [0.25, 0.3) is 5.91 Å². The smallest absolute Gasteiger partial charge is 0.272 e. The highest BCUT2D eigenvalue weighted by Gasteiger charge is 2.44. The van der Waals surface area contributed by atoms with E-state index in [0.29, 0.717) is 45.1 Å². The van der Waals surface area contributed by atoms with Crippen molar-refractivity contribution in [3.63, 3.8) is 0 Å². The van der Waals surface area contributed by atoms with Crippen molar-refractivity contribution in [1.29, 1.82) is 0 Å². The zero-order chi connectivity index (χ0) is 18.7. The molecule has 4 heterocycles. The summed E-state index contributed by atoms with van der Waals surface area (Å²) >= 11 is 0. The lowest BCUT2D eigenvalue weighted by molar-refractivity contribution is -0.0538. The molecule has 0 aromatic carbocycles. The van der Waals surface area contributed by atoms with Crippen molar-refractivity contribution < 1.29 is 18.7 Å². The van der Waals surface area contributed by atoms with Gasteiger partial charge in [-0.15, -0.1) is 0 Å². The van der Waals surface area contributed by atoms with Gasteiger partial charge in [0.1, 0.15) is 11.3 Å². The number of amides is 1. The van der Waals surface area contributed by atoms with Gasteiger partial charge in [0.05, 0.1) is 26.4 Å². The number of nitrogens with zero attached hydrogens (tertiary/aromatic N) is 3. The van der Waals surface area contributed by atoms with Crippen LogP contribution >= 0.6 is 0 Å². The molecule has 8 nitrogen and oxygen atoms in total. The number of pyridine rings is 1. The van der Waals surface area contributed by atoms with Gasteiger partial charge in [0, 0.05) is 31.4 Å². The second kappa shape index (κ2) is 7.61. The van der Waals surface area contributed by atoms with Gasteiger partial charge in [-0.3, -0.25) is 9.89 Å². The second-order valence-electron chi connectivity index (χ2n) is 7.03. The molecule has 2 fully saturated rings. The molecule has 2 saturated heterocycles. The molecule has 2 aromatic rings. The Morgan fingerprint density at radius 3 is 3.19 bits per heavy atom. The largest absolute Gasteiger partial charge is 0.377 e. The standard InChI is InChI=1S/C18H22FN5O3/c19-14-2-1-4-20-16(14)21-9-13-8-18(27-10-13)11-24(6-7-26-12-18)17(25)15-3-5-22-23-15/h1-5,13H,6-12H2,(H,20,21)(H,22,23)/t13-,18-/m1/s1. The lowest BCUT2D eigenvalue weighted by Crippen LogP contribution is -2.46. The number of halogens is 1. The summed E-state index contributed by atoms with van der Waals surface area (Å²) in [7, 11) is 0. The lowest BCUT2D eigenvalue weighted by atomic mass is 9.94. The number of hydrogen-bond donors (Lipinski definition) is 2. The average molecular weight is 375 g/mol. The van der Waals surface area contributed by atoms with E-state index in [2.05, 4.69) is 20.5 Å². The van der Waals surface area contributed by atoms with Crippen LogP contribution in [-0.2, 0) is 9.47 Å². The van der Waals surface area contributed by atoms with Crippen LogP contribution in [-0.4, -0.2) is 71.0 Å². The van der Waals surface area contributed by atoms with Crippen LogP contribution in [0.4, 0.5) is 10.2 Å². The minimum Gasteiger partial charge on any atom is -0.377 e. The Hall–Kier alpha value is -2.52. The van der Waals surface area contributed by atoms with E-state index in [1.807, 2.05) is 0 Å². The molecule has 2 aliphatic heterocycles. The summed E-state index contributed by atoms with van der Waals surface area (Å²) in [6.07, 6.45) is 3.83. The predicted octanol–water partition coefficient (Wildman–Crippen LogP) is 1.30. The van der Waals surface area contributed by atoms with Crippen molar-refractivity contribution in [3.05, 3.63) is 42.1 Å². The fraction of sp³-hybridized carbons (Fsp3) is 0.500. The molecular weight excluding hydrogens is 353 g/mol. The summed E-state index contributed by atoms with van der Waals surface area (Å²) in [4.78, 5) is 18.4. The first-order chi connectivity index (χ1) is 13.2. The van der Waals surface area contributed by atoms with Crippen LogP contribution in [0, 0.1) is 11.7 Å². The Bertz CT molecular complexity index is 787. The Kier molecular flexibility index (Phi) is 5.04. The van der Waals surface area contributed by atoms with Gasteiger partial charge in [-0.1, -0.05) is 0 Å². The van der Waals surface area contributed by atoms with Gasteiger partial charge in [-0.05, 0) is 24.6 Å². The van der Waals surface area contributed by atoms with E-state index in [0.717, 1.165) is 6.42 Å². The number of hydrogen-bond acceptors (Lipinski definition) is 6. The van der Waals surface area contributed by atoms with Crippen LogP contribution in [0.1, 0.15) is 16.9 Å². The first kappa shape index (κ1) is 17.9. The van der Waals surface area contributed by atoms with E-state index >= 15 is 0 Å². The van der Waals surface area contributed by atoms with E-state index in [4.69, 9.17) is 9.47 Å². The van der Waals surface area contributed by atoms with Gasteiger partial charge in [0.15, 0.2) is 11.6 Å². The molecule has 1 spiro atoms. The number of carbonyl (C=O) groups excluding carboxylic acids is 1. The van der Waals surface area contributed by atoms with Gasteiger partial charge < -0.3 is 19.7 Å². The molecule has 27 heavy (non-hydrogen) atoms. The molecule has 2 aromatic heterocycles. The monoisotopic (exact) mass is 375 g/mol. The van der Waals surface area contributed by atoms with Crippen LogP contribution in [0.25, 0.3) is 0 Å². The summed E-state index contributed by atoms with van der Waals surface area (Å²) in [5, 5.41) is 9.60. The molecule has 2 N–H and O–H groups in total. The molecule has 1 amide bonds. The van der Waals surface area contributed by atoms with Crippen LogP contribution in [0.15, 0.2) is 30.6 Å². The number of aromatic nitrogens is 3. The zero-order valence-corrected chi connectivity index (χ0v) is 14.9. The highest BCUT2D eigenvalue weighted by molar-refractivity contribution is 5.92. The van der Waals surface area contributed by atoms with Crippen LogP contribution in [0.2, 0.25) is 0 Å². The van der Waals surface area contributed by atoms with Crippen LogP contribution in [0.3, 0.4) is 0 Å². The average Bonchev–Trinajstić information content (AvgIpc) is 3.29. The molecule has 2 atom stereocenters. The molecule has 144 valence electrons. The first-order valence-electron chi connectivity index (χ1n) is 9.00. The number of nitrogens with one attached hydrogen (secondary N) is 2. The molecule has 2 aliphatic rings. The van der Waals surface area contributed by atoms with Gasteiger partial charge >= 0.3 is 0 Å². The Morgan fingerprint density at radius 2 is 2.37 bits per heavy atom. The third-order valence-electron chi connectivity index (χ3n) is 4.97. The van der Waals surface area contributed by atoms with Gasteiger partial charge in [-0.25, -0.2) is 9.37 Å². The fourth-order valence-electron chi connectivity index (χ4n) is 3.66.